The van der Waals surface area contributed by atoms with Crippen LogP contribution >= 0.6 is 35.7 Å². The van der Waals surface area contributed by atoms with E-state index in [9.17, 15) is 13.2 Å². The molecule has 0 amide bonds. The van der Waals surface area contributed by atoms with Crippen LogP contribution in [0, 0.1) is 0 Å². The van der Waals surface area contributed by atoms with Crippen LogP contribution in [0.15, 0.2) is 23.2 Å². The van der Waals surface area contributed by atoms with Crippen molar-refractivity contribution in [2.24, 2.45) is 4.99 Å². The summed E-state index contributed by atoms with van der Waals surface area (Å²) in [5, 5.41) is 5.92. The molecule has 2 N–H and O–H groups in total. The highest BCUT2D eigenvalue weighted by molar-refractivity contribution is 14.0. The average molecular weight is 463 g/mol. The summed E-state index contributed by atoms with van der Waals surface area (Å²) < 4.78 is 44.1. The van der Waals surface area contributed by atoms with Crippen molar-refractivity contribution in [1.82, 2.24) is 10.6 Å². The number of alkyl halides is 3. The third-order valence-electron chi connectivity index (χ3n) is 2.89. The zero-order chi connectivity index (χ0) is 16.6. The van der Waals surface area contributed by atoms with Crippen molar-refractivity contribution in [3.63, 3.8) is 0 Å². The molecule has 0 bridgehead atoms. The Bertz CT molecular complexity index is 513. The van der Waals surface area contributed by atoms with Gasteiger partial charge >= 0.3 is 6.18 Å². The Hall–Kier alpha value is -0.840. The van der Waals surface area contributed by atoms with E-state index in [4.69, 9.17) is 4.74 Å². The summed E-state index contributed by atoms with van der Waals surface area (Å²) >= 11 is 1.67. The highest BCUT2D eigenvalue weighted by Crippen LogP contribution is 2.34. The Morgan fingerprint density at radius 1 is 1.30 bits per heavy atom. The number of methoxy groups -OCH3 is 1. The first-order valence-corrected chi connectivity index (χ1v) is 7.99. The van der Waals surface area contributed by atoms with Crippen molar-refractivity contribution in [3.8, 4) is 5.75 Å². The van der Waals surface area contributed by atoms with Crippen LogP contribution in [0.1, 0.15) is 11.1 Å². The monoisotopic (exact) mass is 463 g/mol. The van der Waals surface area contributed by atoms with Gasteiger partial charge in [-0.15, -0.1) is 24.0 Å². The van der Waals surface area contributed by atoms with Crippen LogP contribution in [0.25, 0.3) is 0 Å². The number of aliphatic imine (C=N–C) groups is 1. The molecular weight excluding hydrogens is 442 g/mol. The van der Waals surface area contributed by atoms with Crippen LogP contribution < -0.4 is 15.4 Å². The molecule has 1 aromatic rings. The molecule has 0 aliphatic rings. The van der Waals surface area contributed by atoms with Crippen molar-refractivity contribution in [2.75, 3.05) is 32.7 Å². The quantitative estimate of drug-likeness (QED) is 0.294. The molecule has 0 heterocycles. The van der Waals surface area contributed by atoms with Gasteiger partial charge in [0.15, 0.2) is 5.96 Å². The summed E-state index contributed by atoms with van der Waals surface area (Å²) in [5.41, 5.74) is -0.569. The fraction of sp³-hybridized carbons (Fsp3) is 0.500. The van der Waals surface area contributed by atoms with Gasteiger partial charge in [-0.3, -0.25) is 4.99 Å². The third-order valence-corrected chi connectivity index (χ3v) is 3.50. The maximum atomic E-state index is 13.1. The fourth-order valence-electron chi connectivity index (χ4n) is 1.77. The van der Waals surface area contributed by atoms with E-state index in [1.807, 2.05) is 6.26 Å². The Labute approximate surface area is 155 Å². The van der Waals surface area contributed by atoms with Crippen LogP contribution in [-0.4, -0.2) is 38.7 Å². The number of thioether (sulfide) groups is 1. The molecule has 0 saturated heterocycles. The molecule has 0 atom stereocenters. The Morgan fingerprint density at radius 3 is 2.52 bits per heavy atom. The maximum Gasteiger partial charge on any atom is 0.416 e. The molecule has 4 nitrogen and oxygen atoms in total. The Balaban J connectivity index is 0.00000484. The summed E-state index contributed by atoms with van der Waals surface area (Å²) in [6, 6.07) is 3.92. The second-order valence-electron chi connectivity index (χ2n) is 4.37. The summed E-state index contributed by atoms with van der Waals surface area (Å²) in [6.45, 7) is 0.716. The number of nitrogens with zero attached hydrogens (tertiary/aromatic N) is 1. The molecular formula is C14H21F3IN3OS. The minimum absolute atomic E-state index is 0. The third kappa shape index (κ3) is 7.51. The summed E-state index contributed by atoms with van der Waals surface area (Å²) in [7, 11) is 2.91. The topological polar surface area (TPSA) is 45.7 Å². The van der Waals surface area contributed by atoms with E-state index in [0.717, 1.165) is 11.8 Å². The fourth-order valence-corrected chi connectivity index (χ4v) is 2.08. The lowest BCUT2D eigenvalue weighted by molar-refractivity contribution is -0.138. The van der Waals surface area contributed by atoms with Gasteiger partial charge in [0, 0.05) is 25.9 Å². The van der Waals surface area contributed by atoms with Crippen molar-refractivity contribution in [2.45, 2.75) is 12.7 Å². The average Bonchev–Trinajstić information content (AvgIpc) is 2.49. The van der Waals surface area contributed by atoms with Gasteiger partial charge in [-0.25, -0.2) is 0 Å². The first-order chi connectivity index (χ1) is 10.4. The molecule has 23 heavy (non-hydrogen) atoms. The van der Waals surface area contributed by atoms with Gasteiger partial charge in [0.2, 0.25) is 0 Å². The zero-order valence-corrected chi connectivity index (χ0v) is 16.3. The Kier molecular flexibility index (Phi) is 10.4. The van der Waals surface area contributed by atoms with Crippen LogP contribution in [0.2, 0.25) is 0 Å². The van der Waals surface area contributed by atoms with Gasteiger partial charge < -0.3 is 15.4 Å². The lowest BCUT2D eigenvalue weighted by atomic mass is 10.1. The van der Waals surface area contributed by atoms with Crippen LogP contribution in [0.5, 0.6) is 5.75 Å². The molecule has 0 saturated carbocycles. The summed E-state index contributed by atoms with van der Waals surface area (Å²) in [4.78, 5) is 3.98. The summed E-state index contributed by atoms with van der Waals surface area (Å²) in [5.74, 6) is 1.54. The lowest BCUT2D eigenvalue weighted by Gasteiger charge is -2.16. The maximum absolute atomic E-state index is 13.1. The molecule has 132 valence electrons. The largest absolute Gasteiger partial charge is 0.497 e. The van der Waals surface area contributed by atoms with Gasteiger partial charge in [0.1, 0.15) is 5.75 Å². The van der Waals surface area contributed by atoms with E-state index in [1.54, 1.807) is 18.8 Å². The van der Waals surface area contributed by atoms with Crippen LogP contribution in [-0.2, 0) is 12.7 Å². The van der Waals surface area contributed by atoms with Gasteiger partial charge in [-0.1, -0.05) is 6.07 Å². The van der Waals surface area contributed by atoms with E-state index in [2.05, 4.69) is 15.6 Å². The van der Waals surface area contributed by atoms with Crippen LogP contribution in [0.3, 0.4) is 0 Å². The predicted molar refractivity (Wildman–Crippen MR) is 100.0 cm³/mol. The van der Waals surface area contributed by atoms with Crippen LogP contribution in [0.4, 0.5) is 13.2 Å². The van der Waals surface area contributed by atoms with Crippen molar-refractivity contribution in [3.05, 3.63) is 29.3 Å². The van der Waals surface area contributed by atoms with Crippen molar-refractivity contribution in [1.29, 1.82) is 0 Å². The predicted octanol–water partition coefficient (Wildman–Crippen LogP) is 3.36. The molecule has 1 rings (SSSR count). The van der Waals surface area contributed by atoms with Gasteiger partial charge in [0.25, 0.3) is 0 Å². The van der Waals surface area contributed by atoms with E-state index in [0.29, 0.717) is 12.5 Å². The second-order valence-corrected chi connectivity index (χ2v) is 5.35. The van der Waals surface area contributed by atoms with Gasteiger partial charge in [0.05, 0.1) is 12.7 Å². The highest BCUT2D eigenvalue weighted by Gasteiger charge is 2.33. The Morgan fingerprint density at radius 2 is 2.00 bits per heavy atom. The van der Waals surface area contributed by atoms with E-state index < -0.39 is 11.7 Å². The first-order valence-electron chi connectivity index (χ1n) is 6.60. The van der Waals surface area contributed by atoms with Crippen molar-refractivity contribution >= 4 is 41.7 Å². The molecule has 0 aliphatic carbocycles. The van der Waals surface area contributed by atoms with Gasteiger partial charge in [-0.05, 0) is 24.0 Å². The van der Waals surface area contributed by atoms with Gasteiger partial charge in [-0.2, -0.15) is 24.9 Å². The number of benzene rings is 1. The molecule has 0 radical (unpaired) electrons. The van der Waals surface area contributed by atoms with Crippen molar-refractivity contribution < 1.29 is 17.9 Å². The number of rotatable bonds is 6. The first kappa shape index (κ1) is 22.2. The molecule has 0 aliphatic heterocycles. The number of ether oxygens (including phenoxy) is 1. The molecule has 0 fully saturated rings. The molecule has 9 heteroatoms. The highest BCUT2D eigenvalue weighted by atomic mass is 127. The molecule has 1 aromatic carbocycles. The normalized spacial score (nSPS) is 11.7. The van der Waals surface area contributed by atoms with E-state index >= 15 is 0 Å². The number of nitrogens with one attached hydrogen (secondary N) is 2. The second kappa shape index (κ2) is 10.8. The molecule has 0 unspecified atom stereocenters. The lowest BCUT2D eigenvalue weighted by Crippen LogP contribution is -2.38. The minimum atomic E-state index is -4.43. The number of guanidine groups is 1. The number of halogens is 4. The standard InChI is InChI=1S/C14H20F3N3OS.HI/c1-18-13(19-6-7-22-3)20-9-10-4-5-11(21-2)8-12(10)14(15,16)17;/h4-5,8H,6-7,9H2,1-3H3,(H2,18,19,20);1H. The number of hydrogen-bond donors (Lipinski definition) is 2. The minimum Gasteiger partial charge on any atom is -0.497 e. The summed E-state index contributed by atoms with van der Waals surface area (Å²) in [6.07, 6.45) is -2.45. The molecule has 0 aromatic heterocycles. The SMILES string of the molecule is CN=C(NCCSC)NCc1ccc(OC)cc1C(F)(F)F.I. The van der Waals surface area contributed by atoms with E-state index in [-0.39, 0.29) is 41.8 Å². The van der Waals surface area contributed by atoms with E-state index in [1.165, 1.54) is 19.2 Å². The number of hydrogen-bond acceptors (Lipinski definition) is 3. The molecule has 0 spiro atoms. The zero-order valence-electron chi connectivity index (χ0n) is 13.2. The smallest absolute Gasteiger partial charge is 0.416 e.